The van der Waals surface area contributed by atoms with Gasteiger partial charge in [0.05, 0.1) is 0 Å². The van der Waals surface area contributed by atoms with E-state index in [9.17, 15) is 0 Å². The highest BCUT2D eigenvalue weighted by Gasteiger charge is 2.12. The molecule has 0 bridgehead atoms. The van der Waals surface area contributed by atoms with E-state index in [-0.39, 0.29) is 0 Å². The van der Waals surface area contributed by atoms with Crippen LogP contribution in [0.5, 0.6) is 0 Å². The first-order chi connectivity index (χ1) is 4.43. The van der Waals surface area contributed by atoms with Gasteiger partial charge in [0.25, 0.3) is 0 Å². The second kappa shape index (κ2) is 3.85. The maximum atomic E-state index is 5.45. The maximum absolute atomic E-state index is 5.45. The minimum Gasteiger partial charge on any atom is -0.269 e. The van der Waals surface area contributed by atoms with Crippen molar-refractivity contribution in [2.24, 2.45) is 5.84 Å². The van der Waals surface area contributed by atoms with Crippen LogP contribution in [-0.4, -0.2) is 6.04 Å². The zero-order valence-electron chi connectivity index (χ0n) is 5.97. The fourth-order valence-corrected chi connectivity index (χ4v) is 1.50. The van der Waals surface area contributed by atoms with Crippen LogP contribution in [-0.2, 0) is 0 Å². The molecule has 0 unspecified atom stereocenters. The summed E-state index contributed by atoms with van der Waals surface area (Å²) < 4.78 is 0. The first kappa shape index (κ1) is 7.03. The Hall–Kier alpha value is -0.0800. The summed E-state index contributed by atoms with van der Waals surface area (Å²) in [5.41, 5.74) is 1.88. The van der Waals surface area contributed by atoms with Crippen molar-refractivity contribution in [3.05, 3.63) is 0 Å². The SMILES string of the molecule is N[NH2+]C1CCCCCC1. The molecule has 1 rings (SSSR count). The normalized spacial score (nSPS) is 23.7. The van der Waals surface area contributed by atoms with E-state index >= 15 is 0 Å². The number of hydrogen-bond donors (Lipinski definition) is 2. The van der Waals surface area contributed by atoms with Gasteiger partial charge in [-0.2, -0.15) is 5.84 Å². The lowest BCUT2D eigenvalue weighted by Gasteiger charge is -2.06. The smallest absolute Gasteiger partial charge is 0.103 e. The molecule has 0 atom stereocenters. The molecule has 1 fully saturated rings. The lowest BCUT2D eigenvalue weighted by Crippen LogP contribution is -2.96. The minimum absolute atomic E-state index is 0.729. The summed E-state index contributed by atoms with van der Waals surface area (Å²) in [4.78, 5) is 0. The fourth-order valence-electron chi connectivity index (χ4n) is 1.50. The van der Waals surface area contributed by atoms with Gasteiger partial charge in [-0.05, 0) is 12.8 Å². The molecule has 9 heavy (non-hydrogen) atoms. The average molecular weight is 129 g/mol. The summed E-state index contributed by atoms with van der Waals surface area (Å²) in [6, 6.07) is 0.729. The number of rotatable bonds is 1. The molecule has 1 aliphatic rings. The van der Waals surface area contributed by atoms with Gasteiger partial charge in [-0.25, -0.2) is 0 Å². The third-order valence-corrected chi connectivity index (χ3v) is 2.17. The van der Waals surface area contributed by atoms with Crippen LogP contribution in [0.3, 0.4) is 0 Å². The second-order valence-electron chi connectivity index (χ2n) is 2.94. The first-order valence-electron chi connectivity index (χ1n) is 3.98. The van der Waals surface area contributed by atoms with Crippen LogP contribution < -0.4 is 11.3 Å². The van der Waals surface area contributed by atoms with E-state index in [2.05, 4.69) is 0 Å². The predicted molar refractivity (Wildman–Crippen MR) is 37.6 cm³/mol. The Labute approximate surface area is 56.8 Å². The molecule has 0 aromatic carbocycles. The Morgan fingerprint density at radius 1 is 1.00 bits per heavy atom. The Morgan fingerprint density at radius 3 is 2.00 bits per heavy atom. The minimum atomic E-state index is 0.729. The Morgan fingerprint density at radius 2 is 1.56 bits per heavy atom. The van der Waals surface area contributed by atoms with Gasteiger partial charge < -0.3 is 0 Å². The second-order valence-corrected chi connectivity index (χ2v) is 2.94. The van der Waals surface area contributed by atoms with Crippen molar-refractivity contribution in [1.82, 2.24) is 0 Å². The van der Waals surface area contributed by atoms with Crippen LogP contribution in [0, 0.1) is 0 Å². The molecule has 0 radical (unpaired) electrons. The van der Waals surface area contributed by atoms with Crippen LogP contribution >= 0.6 is 0 Å². The van der Waals surface area contributed by atoms with Crippen LogP contribution in [0.25, 0.3) is 0 Å². The molecule has 0 aromatic rings. The van der Waals surface area contributed by atoms with Crippen LogP contribution in [0.15, 0.2) is 0 Å². The van der Waals surface area contributed by atoms with Crippen molar-refractivity contribution >= 4 is 0 Å². The molecular formula is C7H17N2+. The summed E-state index contributed by atoms with van der Waals surface area (Å²) in [7, 11) is 0. The molecule has 2 nitrogen and oxygen atoms in total. The predicted octanol–water partition coefficient (Wildman–Crippen LogP) is 0.146. The number of hydrogen-bond acceptors (Lipinski definition) is 1. The van der Waals surface area contributed by atoms with Gasteiger partial charge in [0.2, 0.25) is 0 Å². The van der Waals surface area contributed by atoms with Crippen LogP contribution in [0.1, 0.15) is 38.5 Å². The van der Waals surface area contributed by atoms with Crippen molar-refractivity contribution in [3.63, 3.8) is 0 Å². The third kappa shape index (κ3) is 2.33. The third-order valence-electron chi connectivity index (χ3n) is 2.17. The van der Waals surface area contributed by atoms with E-state index < -0.39 is 0 Å². The van der Waals surface area contributed by atoms with Crippen molar-refractivity contribution in [2.75, 3.05) is 0 Å². The lowest BCUT2D eigenvalue weighted by atomic mass is 10.1. The molecular weight excluding hydrogens is 112 g/mol. The Balaban J connectivity index is 2.18. The van der Waals surface area contributed by atoms with E-state index in [1.165, 1.54) is 38.5 Å². The van der Waals surface area contributed by atoms with Crippen molar-refractivity contribution in [3.8, 4) is 0 Å². The van der Waals surface area contributed by atoms with Gasteiger partial charge in [0.15, 0.2) is 0 Å². The molecule has 2 heteroatoms. The lowest BCUT2D eigenvalue weighted by molar-refractivity contribution is -0.702. The highest BCUT2D eigenvalue weighted by atomic mass is 15.2. The molecule has 0 amide bonds. The van der Waals surface area contributed by atoms with E-state index in [1.54, 1.807) is 0 Å². The zero-order chi connectivity index (χ0) is 6.53. The van der Waals surface area contributed by atoms with E-state index in [1.807, 2.05) is 5.43 Å². The number of nitrogens with two attached hydrogens (primary N) is 2. The van der Waals surface area contributed by atoms with Gasteiger partial charge in [-0.1, -0.05) is 12.8 Å². The fraction of sp³-hybridized carbons (Fsp3) is 1.00. The Bertz CT molecular complexity index is 65.3. The van der Waals surface area contributed by atoms with Gasteiger partial charge >= 0.3 is 0 Å². The van der Waals surface area contributed by atoms with Crippen molar-refractivity contribution in [2.45, 2.75) is 44.6 Å². The first-order valence-corrected chi connectivity index (χ1v) is 3.98. The van der Waals surface area contributed by atoms with Gasteiger partial charge in [0, 0.05) is 12.8 Å². The molecule has 54 valence electrons. The molecule has 0 saturated heterocycles. The molecule has 0 spiro atoms. The average Bonchev–Trinajstić information content (AvgIpc) is 2.13. The molecule has 1 saturated carbocycles. The largest absolute Gasteiger partial charge is 0.269 e. The zero-order valence-corrected chi connectivity index (χ0v) is 5.97. The monoisotopic (exact) mass is 129 g/mol. The highest BCUT2D eigenvalue weighted by Crippen LogP contribution is 2.14. The van der Waals surface area contributed by atoms with E-state index in [4.69, 9.17) is 5.84 Å². The van der Waals surface area contributed by atoms with Crippen molar-refractivity contribution in [1.29, 1.82) is 0 Å². The summed E-state index contributed by atoms with van der Waals surface area (Å²) in [5.74, 6) is 5.45. The summed E-state index contributed by atoms with van der Waals surface area (Å²) in [6.07, 6.45) is 8.28. The standard InChI is InChI=1S/C7H16N2/c8-9-7-5-3-1-2-4-6-7/h7,9H,1-6,8H2/p+1. The van der Waals surface area contributed by atoms with E-state index in [0.29, 0.717) is 0 Å². The molecule has 4 N–H and O–H groups in total. The molecule has 0 aromatic heterocycles. The van der Waals surface area contributed by atoms with Gasteiger partial charge in [0.1, 0.15) is 6.04 Å². The van der Waals surface area contributed by atoms with Crippen LogP contribution in [0.4, 0.5) is 0 Å². The summed E-state index contributed by atoms with van der Waals surface area (Å²) in [5, 5.41) is 0. The summed E-state index contributed by atoms with van der Waals surface area (Å²) >= 11 is 0. The van der Waals surface area contributed by atoms with Gasteiger partial charge in [-0.15, -0.1) is 0 Å². The molecule has 0 heterocycles. The number of quaternary nitrogens is 1. The highest BCUT2D eigenvalue weighted by molar-refractivity contribution is 4.60. The topological polar surface area (TPSA) is 42.6 Å². The van der Waals surface area contributed by atoms with Crippen molar-refractivity contribution < 1.29 is 5.43 Å². The molecule has 1 aliphatic carbocycles. The summed E-state index contributed by atoms with van der Waals surface area (Å²) in [6.45, 7) is 0. The Kier molecular flexibility index (Phi) is 3.01. The van der Waals surface area contributed by atoms with Gasteiger partial charge in [-0.3, -0.25) is 5.43 Å². The van der Waals surface area contributed by atoms with Crippen LogP contribution in [0.2, 0.25) is 0 Å². The quantitative estimate of drug-likeness (QED) is 0.295. The molecule has 0 aliphatic heterocycles. The van der Waals surface area contributed by atoms with E-state index in [0.717, 1.165) is 6.04 Å². The maximum Gasteiger partial charge on any atom is 0.103 e.